The number of carbonyl (C=O) groups excluding carboxylic acids is 1. The van der Waals surface area contributed by atoms with E-state index in [4.69, 9.17) is 0 Å². The standard InChI is InChI=1S/C17H20N4O2/c22-16-14-4-2-1-3-13(14)15(19-20-16)17(23)18-11-7-9-21(10-8-11)12-5-6-12/h1-4,11-12H,5-10H2,(H,18,23)(H,20,22). The lowest BCUT2D eigenvalue weighted by Crippen LogP contribution is -2.45. The number of piperidine rings is 1. The maximum absolute atomic E-state index is 12.6. The number of hydrogen-bond acceptors (Lipinski definition) is 4. The van der Waals surface area contributed by atoms with Crippen LogP contribution in [0.5, 0.6) is 0 Å². The lowest BCUT2D eigenvalue weighted by atomic mass is 10.0. The second kappa shape index (κ2) is 5.77. The molecule has 1 saturated carbocycles. The van der Waals surface area contributed by atoms with Gasteiger partial charge in [0.05, 0.1) is 5.39 Å². The van der Waals surface area contributed by atoms with E-state index in [-0.39, 0.29) is 17.5 Å². The molecule has 0 unspecified atom stereocenters. The third-order valence-electron chi connectivity index (χ3n) is 4.84. The van der Waals surface area contributed by atoms with Crippen molar-refractivity contribution in [3.63, 3.8) is 0 Å². The number of rotatable bonds is 3. The molecule has 6 heteroatoms. The molecule has 1 aromatic carbocycles. The molecule has 1 saturated heterocycles. The first-order chi connectivity index (χ1) is 11.2. The topological polar surface area (TPSA) is 78.1 Å². The maximum atomic E-state index is 12.6. The van der Waals surface area contributed by atoms with Crippen LogP contribution in [-0.4, -0.2) is 46.2 Å². The molecule has 2 aliphatic rings. The average Bonchev–Trinajstić information content (AvgIpc) is 3.41. The van der Waals surface area contributed by atoms with E-state index in [2.05, 4.69) is 20.4 Å². The number of likely N-dealkylation sites (tertiary alicyclic amines) is 1. The zero-order valence-corrected chi connectivity index (χ0v) is 12.9. The Bertz CT molecular complexity index is 789. The van der Waals surface area contributed by atoms with Crippen LogP contribution < -0.4 is 10.9 Å². The molecule has 4 rings (SSSR count). The van der Waals surface area contributed by atoms with Gasteiger partial charge in [0.25, 0.3) is 11.5 Å². The normalized spacial score (nSPS) is 19.8. The molecule has 1 aliphatic carbocycles. The fraction of sp³-hybridized carbons (Fsp3) is 0.471. The first-order valence-corrected chi connectivity index (χ1v) is 8.25. The van der Waals surface area contributed by atoms with E-state index < -0.39 is 0 Å². The Morgan fingerprint density at radius 3 is 2.52 bits per heavy atom. The Hall–Kier alpha value is -2.21. The van der Waals surface area contributed by atoms with Gasteiger partial charge in [0.2, 0.25) is 0 Å². The van der Waals surface area contributed by atoms with Gasteiger partial charge in [0.1, 0.15) is 0 Å². The van der Waals surface area contributed by atoms with Gasteiger partial charge in [-0.05, 0) is 31.7 Å². The minimum absolute atomic E-state index is 0.185. The number of carbonyl (C=O) groups is 1. The molecule has 120 valence electrons. The minimum atomic E-state index is -0.269. The molecule has 0 spiro atoms. The summed E-state index contributed by atoms with van der Waals surface area (Å²) in [6, 6.07) is 8.05. The number of aromatic nitrogens is 2. The van der Waals surface area contributed by atoms with Crippen molar-refractivity contribution in [2.75, 3.05) is 13.1 Å². The Labute approximate surface area is 133 Å². The number of amides is 1. The smallest absolute Gasteiger partial charge is 0.272 e. The first-order valence-electron chi connectivity index (χ1n) is 8.25. The van der Waals surface area contributed by atoms with Crippen LogP contribution in [-0.2, 0) is 0 Å². The average molecular weight is 312 g/mol. The van der Waals surface area contributed by atoms with E-state index in [1.165, 1.54) is 12.8 Å². The summed E-state index contributed by atoms with van der Waals surface area (Å²) in [7, 11) is 0. The summed E-state index contributed by atoms with van der Waals surface area (Å²) in [5.74, 6) is -0.206. The predicted octanol–water partition coefficient (Wildman–Crippen LogP) is 1.28. The van der Waals surface area contributed by atoms with Gasteiger partial charge in [-0.3, -0.25) is 9.59 Å². The lowest BCUT2D eigenvalue weighted by molar-refractivity contribution is 0.0905. The molecule has 2 heterocycles. The molecular weight excluding hydrogens is 292 g/mol. The van der Waals surface area contributed by atoms with Crippen LogP contribution in [0.15, 0.2) is 29.1 Å². The fourth-order valence-electron chi connectivity index (χ4n) is 3.39. The molecule has 1 aliphatic heterocycles. The highest BCUT2D eigenvalue weighted by Gasteiger charge is 2.32. The van der Waals surface area contributed by atoms with E-state index in [1.807, 2.05) is 6.07 Å². The van der Waals surface area contributed by atoms with Crippen molar-refractivity contribution in [3.05, 3.63) is 40.3 Å². The zero-order chi connectivity index (χ0) is 15.8. The fourth-order valence-corrected chi connectivity index (χ4v) is 3.39. The molecule has 2 fully saturated rings. The monoisotopic (exact) mass is 312 g/mol. The molecule has 1 amide bonds. The summed E-state index contributed by atoms with van der Waals surface area (Å²) < 4.78 is 0. The largest absolute Gasteiger partial charge is 0.348 e. The van der Waals surface area contributed by atoms with Gasteiger partial charge in [-0.1, -0.05) is 18.2 Å². The number of aromatic amines is 1. The highest BCUT2D eigenvalue weighted by molar-refractivity contribution is 6.04. The third kappa shape index (κ3) is 2.86. The SMILES string of the molecule is O=C(NC1CCN(C2CC2)CC1)c1n[nH]c(=O)c2ccccc12. The van der Waals surface area contributed by atoms with Crippen molar-refractivity contribution in [3.8, 4) is 0 Å². The van der Waals surface area contributed by atoms with Crippen molar-refractivity contribution in [2.24, 2.45) is 0 Å². The van der Waals surface area contributed by atoms with E-state index in [9.17, 15) is 9.59 Å². The molecule has 6 nitrogen and oxygen atoms in total. The quantitative estimate of drug-likeness (QED) is 0.895. The second-order valence-electron chi connectivity index (χ2n) is 6.46. The zero-order valence-electron chi connectivity index (χ0n) is 12.9. The van der Waals surface area contributed by atoms with E-state index in [0.717, 1.165) is 32.0 Å². The molecule has 2 aromatic rings. The summed E-state index contributed by atoms with van der Waals surface area (Å²) in [6.07, 6.45) is 4.60. The minimum Gasteiger partial charge on any atom is -0.348 e. The Kier molecular flexibility index (Phi) is 3.61. The number of benzene rings is 1. The molecule has 0 bridgehead atoms. The van der Waals surface area contributed by atoms with Crippen LogP contribution in [0.4, 0.5) is 0 Å². The van der Waals surface area contributed by atoms with Gasteiger partial charge in [-0.2, -0.15) is 5.10 Å². The number of hydrogen-bond donors (Lipinski definition) is 2. The summed E-state index contributed by atoms with van der Waals surface area (Å²) >= 11 is 0. The number of nitrogens with zero attached hydrogens (tertiary/aromatic N) is 2. The van der Waals surface area contributed by atoms with Gasteiger partial charge in [0.15, 0.2) is 5.69 Å². The maximum Gasteiger partial charge on any atom is 0.272 e. The van der Waals surface area contributed by atoms with Gasteiger partial charge in [0, 0.05) is 30.6 Å². The molecule has 0 radical (unpaired) electrons. The van der Waals surface area contributed by atoms with Crippen LogP contribution in [0.1, 0.15) is 36.2 Å². The van der Waals surface area contributed by atoms with Crippen molar-refractivity contribution in [1.29, 1.82) is 0 Å². The van der Waals surface area contributed by atoms with Crippen LogP contribution in [0, 0.1) is 0 Å². The van der Waals surface area contributed by atoms with Crippen molar-refractivity contribution >= 4 is 16.7 Å². The van der Waals surface area contributed by atoms with Crippen LogP contribution in [0.25, 0.3) is 10.8 Å². The van der Waals surface area contributed by atoms with Gasteiger partial charge in [-0.25, -0.2) is 5.10 Å². The van der Waals surface area contributed by atoms with Gasteiger partial charge in [-0.15, -0.1) is 0 Å². The lowest BCUT2D eigenvalue weighted by Gasteiger charge is -2.32. The van der Waals surface area contributed by atoms with E-state index in [1.54, 1.807) is 18.2 Å². The van der Waals surface area contributed by atoms with Crippen molar-refractivity contribution < 1.29 is 4.79 Å². The van der Waals surface area contributed by atoms with Gasteiger partial charge < -0.3 is 10.2 Å². The Balaban J connectivity index is 1.49. The summed E-state index contributed by atoms with van der Waals surface area (Å²) in [5, 5.41) is 10.6. The van der Waals surface area contributed by atoms with Crippen LogP contribution >= 0.6 is 0 Å². The van der Waals surface area contributed by atoms with E-state index >= 15 is 0 Å². The van der Waals surface area contributed by atoms with Crippen LogP contribution in [0.3, 0.4) is 0 Å². The number of nitrogens with one attached hydrogen (secondary N) is 2. The third-order valence-corrected chi connectivity index (χ3v) is 4.84. The highest BCUT2D eigenvalue weighted by Crippen LogP contribution is 2.29. The predicted molar refractivity (Wildman–Crippen MR) is 87.4 cm³/mol. The highest BCUT2D eigenvalue weighted by atomic mass is 16.2. The summed E-state index contributed by atoms with van der Waals surface area (Å²) in [5.41, 5.74) is 0.0275. The second-order valence-corrected chi connectivity index (χ2v) is 6.46. The molecule has 1 aromatic heterocycles. The van der Waals surface area contributed by atoms with E-state index in [0.29, 0.717) is 16.5 Å². The molecule has 0 atom stereocenters. The Morgan fingerprint density at radius 2 is 1.83 bits per heavy atom. The molecule has 23 heavy (non-hydrogen) atoms. The molecule has 2 N–H and O–H groups in total. The van der Waals surface area contributed by atoms with Crippen molar-refractivity contribution in [1.82, 2.24) is 20.4 Å². The molecular formula is C17H20N4O2. The number of H-pyrrole nitrogens is 1. The Morgan fingerprint density at radius 1 is 1.13 bits per heavy atom. The summed E-state index contributed by atoms with van der Waals surface area (Å²) in [4.78, 5) is 26.9. The summed E-state index contributed by atoms with van der Waals surface area (Å²) in [6.45, 7) is 2.10. The van der Waals surface area contributed by atoms with Gasteiger partial charge >= 0.3 is 0 Å². The first kappa shape index (κ1) is 14.4. The number of fused-ring (bicyclic) bond motifs is 1. The van der Waals surface area contributed by atoms with Crippen molar-refractivity contribution in [2.45, 2.75) is 37.8 Å². The van der Waals surface area contributed by atoms with Crippen LogP contribution in [0.2, 0.25) is 0 Å².